The predicted molar refractivity (Wildman–Crippen MR) is 144 cm³/mol. The van der Waals surface area contributed by atoms with Gasteiger partial charge in [-0.25, -0.2) is 4.79 Å². The van der Waals surface area contributed by atoms with Gasteiger partial charge in [-0.15, -0.1) is 0 Å². The summed E-state index contributed by atoms with van der Waals surface area (Å²) in [4.78, 5) is 14.5. The topological polar surface area (TPSA) is 65.8 Å². The van der Waals surface area contributed by atoms with Crippen molar-refractivity contribution in [3.05, 3.63) is 15.5 Å². The molecule has 1 aromatic rings. The lowest BCUT2D eigenvalue weighted by Gasteiger charge is -2.69. The number of aromatic nitrogens is 2. The van der Waals surface area contributed by atoms with Gasteiger partial charge in [0.2, 0.25) is 0 Å². The average molecular weight is 602 g/mol. The number of rotatable bonds is 9. The quantitative estimate of drug-likeness (QED) is 0.334. The molecule has 0 aromatic carbocycles. The van der Waals surface area contributed by atoms with Crippen molar-refractivity contribution in [2.24, 2.45) is 16.2 Å². The lowest BCUT2D eigenvalue weighted by molar-refractivity contribution is -0.248. The summed E-state index contributed by atoms with van der Waals surface area (Å²) in [5, 5.41) is 4.72. The largest absolute Gasteiger partial charge is 0.444 e. The molecule has 5 rings (SSSR count). The van der Waals surface area contributed by atoms with Crippen molar-refractivity contribution in [2.45, 2.75) is 97.8 Å². The first kappa shape index (κ1) is 27.2. The maximum atomic E-state index is 12.8. The number of amides is 1. The second kappa shape index (κ2) is 9.46. The number of methoxy groups -OCH3 is 1. The van der Waals surface area contributed by atoms with E-state index in [1.165, 1.54) is 28.5 Å². The molecule has 0 spiro atoms. The van der Waals surface area contributed by atoms with Crippen LogP contribution in [0.2, 0.25) is 0 Å². The molecule has 4 fully saturated rings. The molecule has 1 aromatic heterocycles. The first-order valence-electron chi connectivity index (χ1n) is 13.0. The number of hydrogen-bond acceptors (Lipinski definition) is 5. The number of nitrogens with zero attached hydrogens (tertiary/aromatic N) is 3. The van der Waals surface area contributed by atoms with E-state index in [9.17, 15) is 4.79 Å². The van der Waals surface area contributed by atoms with Crippen LogP contribution in [-0.4, -0.2) is 65.4 Å². The highest BCUT2D eigenvalue weighted by Gasteiger charge is 2.66. The fourth-order valence-electron chi connectivity index (χ4n) is 8.25. The van der Waals surface area contributed by atoms with Crippen molar-refractivity contribution < 1.29 is 19.0 Å². The number of hydrogen-bond donors (Lipinski definition) is 0. The van der Waals surface area contributed by atoms with Gasteiger partial charge in [0.05, 0.1) is 28.6 Å². The molecule has 7 nitrogen and oxygen atoms in total. The van der Waals surface area contributed by atoms with E-state index < -0.39 is 5.60 Å². The second-order valence-corrected chi connectivity index (χ2v) is 14.6. The van der Waals surface area contributed by atoms with Crippen LogP contribution in [0, 0.1) is 26.7 Å². The van der Waals surface area contributed by atoms with Crippen molar-refractivity contribution in [1.29, 1.82) is 0 Å². The van der Waals surface area contributed by atoms with E-state index in [-0.39, 0.29) is 17.1 Å². The van der Waals surface area contributed by atoms with E-state index in [1.807, 2.05) is 27.0 Å². The Kier molecular flexibility index (Phi) is 7.34. The minimum atomic E-state index is -0.527. The maximum absolute atomic E-state index is 12.8. The molecule has 2 atom stereocenters. The van der Waals surface area contributed by atoms with Gasteiger partial charge in [-0.3, -0.25) is 4.68 Å². The van der Waals surface area contributed by atoms with E-state index in [2.05, 4.69) is 48.0 Å². The van der Waals surface area contributed by atoms with Gasteiger partial charge in [0, 0.05) is 32.4 Å². The van der Waals surface area contributed by atoms with Crippen LogP contribution in [0.15, 0.2) is 6.20 Å². The van der Waals surface area contributed by atoms with Crippen LogP contribution in [0.25, 0.3) is 0 Å². The Morgan fingerprint density at radius 1 is 1.09 bits per heavy atom. The zero-order valence-electron chi connectivity index (χ0n) is 22.7. The minimum Gasteiger partial charge on any atom is -0.444 e. The third kappa shape index (κ3) is 6.00. The molecule has 1 amide bonds. The second-order valence-electron chi connectivity index (χ2n) is 13.4. The van der Waals surface area contributed by atoms with E-state index in [4.69, 9.17) is 19.3 Å². The monoisotopic (exact) mass is 601 g/mol. The molecule has 198 valence electrons. The summed E-state index contributed by atoms with van der Waals surface area (Å²) in [6.07, 6.45) is 8.74. The summed E-state index contributed by atoms with van der Waals surface area (Å²) >= 11 is 2.38. The first-order chi connectivity index (χ1) is 16.2. The van der Waals surface area contributed by atoms with Gasteiger partial charge in [0.1, 0.15) is 5.60 Å². The molecule has 1 heterocycles. The summed E-state index contributed by atoms with van der Waals surface area (Å²) < 4.78 is 21.2. The Bertz CT molecular complexity index is 921. The zero-order chi connectivity index (χ0) is 25.7. The Morgan fingerprint density at radius 2 is 1.71 bits per heavy atom. The van der Waals surface area contributed by atoms with Crippen molar-refractivity contribution in [3.8, 4) is 0 Å². The average Bonchev–Trinajstić information content (AvgIpc) is 2.98. The van der Waals surface area contributed by atoms with E-state index in [0.29, 0.717) is 37.1 Å². The van der Waals surface area contributed by atoms with Gasteiger partial charge in [-0.2, -0.15) is 5.10 Å². The summed E-state index contributed by atoms with van der Waals surface area (Å²) in [6, 6.07) is 0. The molecule has 4 aliphatic rings. The first-order valence-corrected chi connectivity index (χ1v) is 14.1. The van der Waals surface area contributed by atoms with Crippen molar-refractivity contribution in [3.63, 3.8) is 0 Å². The van der Waals surface area contributed by atoms with Gasteiger partial charge in [-0.05, 0) is 105 Å². The lowest BCUT2D eigenvalue weighted by atomic mass is 9.39. The molecule has 0 N–H and O–H groups in total. The van der Waals surface area contributed by atoms with E-state index in [0.717, 1.165) is 25.8 Å². The van der Waals surface area contributed by atoms with Crippen LogP contribution in [0.5, 0.6) is 0 Å². The van der Waals surface area contributed by atoms with Crippen molar-refractivity contribution >= 4 is 28.7 Å². The van der Waals surface area contributed by atoms with Crippen molar-refractivity contribution in [1.82, 2.24) is 14.7 Å². The molecule has 4 saturated carbocycles. The summed E-state index contributed by atoms with van der Waals surface area (Å²) in [5.74, 6) is 0. The van der Waals surface area contributed by atoms with Crippen LogP contribution >= 0.6 is 22.6 Å². The van der Waals surface area contributed by atoms with Crippen LogP contribution in [0.3, 0.4) is 0 Å². The molecule has 0 aliphatic heterocycles. The fourth-order valence-corrected chi connectivity index (χ4v) is 8.65. The molecule has 8 heteroatoms. The van der Waals surface area contributed by atoms with Crippen LogP contribution in [0.1, 0.15) is 78.8 Å². The van der Waals surface area contributed by atoms with Gasteiger partial charge in [0.15, 0.2) is 0 Å². The predicted octanol–water partition coefficient (Wildman–Crippen LogP) is 5.82. The van der Waals surface area contributed by atoms with E-state index in [1.54, 1.807) is 12.0 Å². The molecule has 0 saturated heterocycles. The molecule has 4 aliphatic carbocycles. The standard InChI is InChI=1S/C27H44IN3O4/c1-20-21(28)12-29-31(20)19-26-14-24(5)13-25(6,15-26)17-27(16-24,18-26)34-11-9-30(8-10-33-7)22(32)35-23(2,3)4/h12H,8-11,13-19H2,1-7H3. The fraction of sp³-hybridized carbons (Fsp3) is 0.852. The Morgan fingerprint density at radius 3 is 2.26 bits per heavy atom. The Labute approximate surface area is 224 Å². The summed E-state index contributed by atoms with van der Waals surface area (Å²) in [6.45, 7) is 15.8. The Hall–Kier alpha value is -0.870. The van der Waals surface area contributed by atoms with Gasteiger partial charge in [-0.1, -0.05) is 13.8 Å². The SMILES string of the molecule is COCCN(CCOC12CC3(C)CC(C)(CC(Cn4ncc(I)c4C)(C3)C1)C2)C(=O)OC(C)(C)C. The van der Waals surface area contributed by atoms with Crippen LogP contribution in [0.4, 0.5) is 4.79 Å². The highest BCUT2D eigenvalue weighted by Crippen LogP contribution is 2.72. The molecule has 35 heavy (non-hydrogen) atoms. The molecule has 0 radical (unpaired) electrons. The Balaban J connectivity index is 1.49. The lowest BCUT2D eigenvalue weighted by Crippen LogP contribution is -2.64. The summed E-state index contributed by atoms with van der Waals surface area (Å²) in [5.41, 5.74) is 1.39. The zero-order valence-corrected chi connectivity index (χ0v) is 24.9. The molecule has 2 unspecified atom stereocenters. The number of carbonyl (C=O) groups excluding carboxylic acids is 1. The smallest absolute Gasteiger partial charge is 0.410 e. The number of halogens is 1. The normalized spacial score (nSPS) is 33.8. The van der Waals surface area contributed by atoms with Crippen molar-refractivity contribution in [2.75, 3.05) is 33.4 Å². The van der Waals surface area contributed by atoms with Gasteiger partial charge < -0.3 is 19.1 Å². The van der Waals surface area contributed by atoms with Crippen LogP contribution in [-0.2, 0) is 20.8 Å². The third-order valence-electron chi connectivity index (χ3n) is 8.17. The van der Waals surface area contributed by atoms with Gasteiger partial charge in [0.25, 0.3) is 0 Å². The highest BCUT2D eigenvalue weighted by molar-refractivity contribution is 14.1. The van der Waals surface area contributed by atoms with E-state index >= 15 is 0 Å². The van der Waals surface area contributed by atoms with Gasteiger partial charge >= 0.3 is 6.09 Å². The molecular formula is C27H44IN3O4. The maximum Gasteiger partial charge on any atom is 0.410 e. The molecular weight excluding hydrogens is 557 g/mol. The third-order valence-corrected chi connectivity index (χ3v) is 9.23. The van der Waals surface area contributed by atoms with Crippen LogP contribution < -0.4 is 0 Å². The number of carbonyl (C=O) groups is 1. The highest BCUT2D eigenvalue weighted by atomic mass is 127. The summed E-state index contributed by atoms with van der Waals surface area (Å²) in [7, 11) is 1.66. The minimum absolute atomic E-state index is 0.132. The number of ether oxygens (including phenoxy) is 3. The molecule has 4 bridgehead atoms.